The fourth-order valence-electron chi connectivity index (χ4n) is 1.77. The molecule has 0 bridgehead atoms. The molecule has 0 radical (unpaired) electrons. The van der Waals surface area contributed by atoms with E-state index in [0.717, 1.165) is 16.2 Å². The monoisotopic (exact) mass is 222 g/mol. The molecular weight excluding hydrogens is 208 g/mol. The van der Waals surface area contributed by atoms with Gasteiger partial charge >= 0.3 is 0 Å². The second-order valence-electron chi connectivity index (χ2n) is 4.00. The van der Waals surface area contributed by atoms with Gasteiger partial charge in [0.1, 0.15) is 4.99 Å². The Hall–Kier alpha value is -1.13. The standard InChI is InChI=1S/C11H14N2OS/c1-11(7-14-6-10(15)13-11)8-3-2-4-9(12)5-8/h2-5H,6-7,12H2,1H3,(H,13,15)/t11-/m1/s1. The maximum atomic E-state index is 5.76. The zero-order valence-electron chi connectivity index (χ0n) is 8.62. The van der Waals surface area contributed by atoms with Crippen molar-refractivity contribution in [2.24, 2.45) is 0 Å². The van der Waals surface area contributed by atoms with Crippen molar-refractivity contribution in [2.45, 2.75) is 12.5 Å². The van der Waals surface area contributed by atoms with Gasteiger partial charge in [0.2, 0.25) is 0 Å². The third kappa shape index (κ3) is 2.11. The first-order valence-corrected chi connectivity index (χ1v) is 5.26. The molecule has 0 spiro atoms. The molecule has 1 aromatic rings. The van der Waals surface area contributed by atoms with Crippen LogP contribution in [0, 0.1) is 0 Å². The average molecular weight is 222 g/mol. The third-order valence-electron chi connectivity index (χ3n) is 2.56. The van der Waals surface area contributed by atoms with E-state index in [1.54, 1.807) is 0 Å². The van der Waals surface area contributed by atoms with Gasteiger partial charge in [-0.25, -0.2) is 0 Å². The molecule has 2 rings (SSSR count). The highest BCUT2D eigenvalue weighted by atomic mass is 32.1. The van der Waals surface area contributed by atoms with E-state index in [0.29, 0.717) is 13.2 Å². The zero-order valence-corrected chi connectivity index (χ0v) is 9.43. The van der Waals surface area contributed by atoms with E-state index in [2.05, 4.69) is 12.2 Å². The zero-order chi connectivity index (χ0) is 10.9. The fraction of sp³-hybridized carbons (Fsp3) is 0.364. The molecule has 1 saturated heterocycles. The quantitative estimate of drug-likeness (QED) is 0.557. The number of nitrogens with two attached hydrogens (primary N) is 1. The molecule has 0 saturated carbocycles. The van der Waals surface area contributed by atoms with Crippen LogP contribution in [0.2, 0.25) is 0 Å². The second kappa shape index (κ2) is 3.79. The molecule has 0 aliphatic carbocycles. The van der Waals surface area contributed by atoms with Crippen molar-refractivity contribution in [3.63, 3.8) is 0 Å². The Bertz CT molecular complexity index is 394. The van der Waals surface area contributed by atoms with Crippen LogP contribution in [0.3, 0.4) is 0 Å². The van der Waals surface area contributed by atoms with Gasteiger partial charge in [0.25, 0.3) is 0 Å². The van der Waals surface area contributed by atoms with Crippen molar-refractivity contribution >= 4 is 22.9 Å². The van der Waals surface area contributed by atoms with Crippen LogP contribution in [-0.2, 0) is 10.3 Å². The van der Waals surface area contributed by atoms with Crippen LogP contribution in [0.25, 0.3) is 0 Å². The van der Waals surface area contributed by atoms with Crippen molar-refractivity contribution in [3.05, 3.63) is 29.8 Å². The molecule has 0 aromatic heterocycles. The Morgan fingerprint density at radius 3 is 3.00 bits per heavy atom. The van der Waals surface area contributed by atoms with Gasteiger partial charge in [0.15, 0.2) is 0 Å². The minimum Gasteiger partial charge on any atom is -0.399 e. The van der Waals surface area contributed by atoms with Crippen LogP contribution in [0.4, 0.5) is 5.69 Å². The van der Waals surface area contributed by atoms with Crippen LogP contribution in [0.1, 0.15) is 12.5 Å². The van der Waals surface area contributed by atoms with E-state index < -0.39 is 0 Å². The summed E-state index contributed by atoms with van der Waals surface area (Å²) in [5.41, 5.74) is 7.36. The van der Waals surface area contributed by atoms with Gasteiger partial charge in [-0.15, -0.1) is 0 Å². The minimum atomic E-state index is -0.259. The lowest BCUT2D eigenvalue weighted by molar-refractivity contribution is 0.0876. The van der Waals surface area contributed by atoms with E-state index in [1.807, 2.05) is 24.3 Å². The first-order chi connectivity index (χ1) is 7.10. The number of hydrogen-bond acceptors (Lipinski definition) is 3. The smallest absolute Gasteiger partial charge is 0.102 e. The lowest BCUT2D eigenvalue weighted by Gasteiger charge is -2.36. The second-order valence-corrected chi connectivity index (χ2v) is 4.49. The van der Waals surface area contributed by atoms with Crippen LogP contribution in [0.5, 0.6) is 0 Å². The Morgan fingerprint density at radius 2 is 2.33 bits per heavy atom. The molecule has 3 nitrogen and oxygen atoms in total. The molecule has 4 heteroatoms. The lowest BCUT2D eigenvalue weighted by atomic mass is 9.91. The summed E-state index contributed by atoms with van der Waals surface area (Å²) in [5, 5.41) is 3.29. The molecule has 1 aliphatic heterocycles. The highest BCUT2D eigenvalue weighted by molar-refractivity contribution is 7.80. The summed E-state index contributed by atoms with van der Waals surface area (Å²) >= 11 is 5.12. The number of rotatable bonds is 1. The molecule has 80 valence electrons. The number of ether oxygens (including phenoxy) is 1. The minimum absolute atomic E-state index is 0.259. The van der Waals surface area contributed by atoms with Crippen molar-refractivity contribution in [1.82, 2.24) is 5.32 Å². The van der Waals surface area contributed by atoms with Gasteiger partial charge in [-0.05, 0) is 24.6 Å². The third-order valence-corrected chi connectivity index (χ3v) is 2.78. The van der Waals surface area contributed by atoms with E-state index in [-0.39, 0.29) is 5.54 Å². The van der Waals surface area contributed by atoms with Crippen LogP contribution >= 0.6 is 12.2 Å². The molecule has 1 heterocycles. The summed E-state index contributed by atoms with van der Waals surface area (Å²) in [6.45, 7) is 3.18. The summed E-state index contributed by atoms with van der Waals surface area (Å²) in [7, 11) is 0. The van der Waals surface area contributed by atoms with E-state index in [4.69, 9.17) is 22.7 Å². The average Bonchev–Trinajstić information content (AvgIpc) is 2.17. The van der Waals surface area contributed by atoms with Crippen molar-refractivity contribution in [3.8, 4) is 0 Å². The summed E-state index contributed by atoms with van der Waals surface area (Å²) in [4.78, 5) is 0.742. The van der Waals surface area contributed by atoms with Gasteiger partial charge in [0, 0.05) is 5.69 Å². The van der Waals surface area contributed by atoms with E-state index in [1.165, 1.54) is 0 Å². The maximum Gasteiger partial charge on any atom is 0.102 e. The van der Waals surface area contributed by atoms with Crippen LogP contribution in [0.15, 0.2) is 24.3 Å². The van der Waals surface area contributed by atoms with Crippen LogP contribution < -0.4 is 11.1 Å². The first kappa shape index (κ1) is 10.4. The molecule has 15 heavy (non-hydrogen) atoms. The predicted molar refractivity (Wildman–Crippen MR) is 64.8 cm³/mol. The van der Waals surface area contributed by atoms with Gasteiger partial charge in [-0.2, -0.15) is 0 Å². The number of benzene rings is 1. The number of nitrogen functional groups attached to an aromatic ring is 1. The SMILES string of the molecule is C[C@]1(c2cccc(N)c2)COCC(=S)N1. The summed E-state index contributed by atoms with van der Waals surface area (Å²) in [5.74, 6) is 0. The van der Waals surface area contributed by atoms with Crippen molar-refractivity contribution in [2.75, 3.05) is 18.9 Å². The largest absolute Gasteiger partial charge is 0.399 e. The molecule has 1 aliphatic rings. The topological polar surface area (TPSA) is 47.3 Å². The molecule has 1 atom stereocenters. The van der Waals surface area contributed by atoms with Crippen molar-refractivity contribution < 1.29 is 4.74 Å². The van der Waals surface area contributed by atoms with Gasteiger partial charge in [0.05, 0.1) is 18.8 Å². The summed E-state index contributed by atoms with van der Waals surface area (Å²) in [6, 6.07) is 7.79. The van der Waals surface area contributed by atoms with Gasteiger partial charge < -0.3 is 15.8 Å². The summed E-state index contributed by atoms with van der Waals surface area (Å²) < 4.78 is 5.45. The van der Waals surface area contributed by atoms with Gasteiger partial charge in [-0.3, -0.25) is 0 Å². The Morgan fingerprint density at radius 1 is 1.53 bits per heavy atom. The number of thiocarbonyl (C=S) groups is 1. The molecule has 0 unspecified atom stereocenters. The van der Waals surface area contributed by atoms with Crippen LogP contribution in [-0.4, -0.2) is 18.2 Å². The van der Waals surface area contributed by atoms with E-state index in [9.17, 15) is 0 Å². The van der Waals surface area contributed by atoms with E-state index >= 15 is 0 Å². The number of nitrogens with one attached hydrogen (secondary N) is 1. The molecular formula is C11H14N2OS. The molecule has 0 amide bonds. The molecule has 1 aromatic carbocycles. The maximum absolute atomic E-state index is 5.76. The highest BCUT2D eigenvalue weighted by Crippen LogP contribution is 2.25. The fourth-order valence-corrected chi connectivity index (χ4v) is 2.07. The Kier molecular flexibility index (Phi) is 2.63. The Labute approximate surface area is 94.6 Å². The predicted octanol–water partition coefficient (Wildman–Crippen LogP) is 1.43. The van der Waals surface area contributed by atoms with Gasteiger partial charge in [-0.1, -0.05) is 24.4 Å². The highest BCUT2D eigenvalue weighted by Gasteiger charge is 2.31. The number of morpholine rings is 1. The normalized spacial score (nSPS) is 26.1. The number of anilines is 1. The Balaban J connectivity index is 2.32. The lowest BCUT2D eigenvalue weighted by Crippen LogP contribution is -2.52. The first-order valence-electron chi connectivity index (χ1n) is 4.85. The molecule has 1 fully saturated rings. The number of hydrogen-bond donors (Lipinski definition) is 2. The molecule has 3 N–H and O–H groups in total. The summed E-state index contributed by atoms with van der Waals surface area (Å²) in [6.07, 6.45) is 0. The van der Waals surface area contributed by atoms with Crippen molar-refractivity contribution in [1.29, 1.82) is 0 Å².